The lowest BCUT2D eigenvalue weighted by molar-refractivity contribution is 0.102. The number of nitrogens with zero attached hydrogens (tertiary/aromatic N) is 4. The van der Waals surface area contributed by atoms with Gasteiger partial charge >= 0.3 is 0 Å². The minimum atomic E-state index is -0.175. The Morgan fingerprint density at radius 1 is 1.23 bits per heavy atom. The van der Waals surface area contributed by atoms with Crippen LogP contribution in [0.15, 0.2) is 42.7 Å². The summed E-state index contributed by atoms with van der Waals surface area (Å²) in [6.45, 7) is 0. The number of aromatic nitrogens is 4. The van der Waals surface area contributed by atoms with Gasteiger partial charge in [0.25, 0.3) is 5.91 Å². The third-order valence-corrected chi connectivity index (χ3v) is 4.49. The molecule has 1 aromatic carbocycles. The van der Waals surface area contributed by atoms with E-state index in [1.807, 2.05) is 24.4 Å². The van der Waals surface area contributed by atoms with Gasteiger partial charge in [-0.3, -0.25) is 10.1 Å². The summed E-state index contributed by atoms with van der Waals surface area (Å²) in [6.07, 6.45) is 5.93. The molecule has 7 heteroatoms. The number of carbonyl (C=O) groups excluding carboxylic acids is 1. The molecule has 0 atom stereocenters. The molecule has 4 rings (SSSR count). The number of hydrogen-bond acceptors (Lipinski definition) is 5. The average Bonchev–Trinajstić information content (AvgIpc) is 3.06. The SMILES string of the molecule is O=C(Nc1nnc(C2CC2)s1)c1ccc(-n2cccn2)cc1. The van der Waals surface area contributed by atoms with Gasteiger partial charge in [-0.15, -0.1) is 10.2 Å². The van der Waals surface area contributed by atoms with Gasteiger partial charge in [-0.05, 0) is 43.2 Å². The molecule has 22 heavy (non-hydrogen) atoms. The maximum absolute atomic E-state index is 12.2. The molecule has 0 spiro atoms. The van der Waals surface area contributed by atoms with Crippen molar-refractivity contribution >= 4 is 22.4 Å². The molecule has 2 heterocycles. The fourth-order valence-corrected chi connectivity index (χ4v) is 3.04. The highest BCUT2D eigenvalue weighted by atomic mass is 32.1. The fourth-order valence-electron chi connectivity index (χ4n) is 2.14. The van der Waals surface area contributed by atoms with Crippen LogP contribution in [0.4, 0.5) is 5.13 Å². The summed E-state index contributed by atoms with van der Waals surface area (Å²) in [6, 6.07) is 9.12. The molecule has 1 aliphatic carbocycles. The molecule has 110 valence electrons. The number of rotatable bonds is 4. The maximum Gasteiger partial charge on any atom is 0.257 e. The Kier molecular flexibility index (Phi) is 3.19. The molecule has 1 aliphatic rings. The Labute approximate surface area is 130 Å². The molecule has 3 aromatic rings. The zero-order valence-electron chi connectivity index (χ0n) is 11.6. The van der Waals surface area contributed by atoms with E-state index in [1.54, 1.807) is 23.0 Å². The lowest BCUT2D eigenvalue weighted by atomic mass is 10.2. The van der Waals surface area contributed by atoms with Crippen LogP contribution in [0.25, 0.3) is 5.69 Å². The van der Waals surface area contributed by atoms with Gasteiger partial charge < -0.3 is 0 Å². The zero-order chi connectivity index (χ0) is 14.9. The van der Waals surface area contributed by atoms with Crippen molar-refractivity contribution in [2.45, 2.75) is 18.8 Å². The van der Waals surface area contributed by atoms with Crippen molar-refractivity contribution in [3.05, 3.63) is 53.3 Å². The molecule has 0 unspecified atom stereocenters. The Morgan fingerprint density at radius 2 is 2.05 bits per heavy atom. The average molecular weight is 311 g/mol. The maximum atomic E-state index is 12.2. The summed E-state index contributed by atoms with van der Waals surface area (Å²) in [5.74, 6) is 0.377. The largest absolute Gasteiger partial charge is 0.296 e. The normalized spacial score (nSPS) is 14.0. The van der Waals surface area contributed by atoms with Crippen LogP contribution < -0.4 is 5.32 Å². The van der Waals surface area contributed by atoms with Crippen molar-refractivity contribution < 1.29 is 4.79 Å². The van der Waals surface area contributed by atoms with Crippen LogP contribution in [0.1, 0.15) is 34.1 Å². The topological polar surface area (TPSA) is 72.7 Å². The number of benzene rings is 1. The van der Waals surface area contributed by atoms with Crippen molar-refractivity contribution in [3.63, 3.8) is 0 Å². The summed E-state index contributed by atoms with van der Waals surface area (Å²) < 4.78 is 1.74. The van der Waals surface area contributed by atoms with Crippen molar-refractivity contribution in [2.24, 2.45) is 0 Å². The first-order valence-electron chi connectivity index (χ1n) is 7.04. The van der Waals surface area contributed by atoms with Gasteiger partial charge in [0.2, 0.25) is 5.13 Å². The molecular weight excluding hydrogens is 298 g/mol. The zero-order valence-corrected chi connectivity index (χ0v) is 12.5. The Hall–Kier alpha value is -2.54. The van der Waals surface area contributed by atoms with Crippen LogP contribution in [-0.2, 0) is 0 Å². The van der Waals surface area contributed by atoms with E-state index in [1.165, 1.54) is 24.2 Å². The van der Waals surface area contributed by atoms with Gasteiger partial charge in [0.1, 0.15) is 5.01 Å². The Balaban J connectivity index is 1.47. The second-order valence-electron chi connectivity index (χ2n) is 5.17. The van der Waals surface area contributed by atoms with Crippen molar-refractivity contribution in [1.29, 1.82) is 0 Å². The van der Waals surface area contributed by atoms with E-state index in [4.69, 9.17) is 0 Å². The van der Waals surface area contributed by atoms with E-state index in [9.17, 15) is 4.79 Å². The first kappa shape index (κ1) is 13.1. The summed E-state index contributed by atoms with van der Waals surface area (Å²) >= 11 is 1.46. The molecule has 0 bridgehead atoms. The number of carbonyl (C=O) groups is 1. The number of hydrogen-bond donors (Lipinski definition) is 1. The monoisotopic (exact) mass is 311 g/mol. The highest BCUT2D eigenvalue weighted by molar-refractivity contribution is 7.15. The van der Waals surface area contributed by atoms with Gasteiger partial charge in [-0.2, -0.15) is 5.10 Å². The summed E-state index contributed by atoms with van der Waals surface area (Å²) in [4.78, 5) is 12.2. The van der Waals surface area contributed by atoms with Crippen molar-refractivity contribution in [1.82, 2.24) is 20.0 Å². The van der Waals surface area contributed by atoms with E-state index < -0.39 is 0 Å². The molecule has 1 N–H and O–H groups in total. The number of amides is 1. The van der Waals surface area contributed by atoms with E-state index in [0.29, 0.717) is 16.6 Å². The van der Waals surface area contributed by atoms with E-state index in [2.05, 4.69) is 20.6 Å². The molecule has 0 saturated heterocycles. The molecule has 0 radical (unpaired) electrons. The highest BCUT2D eigenvalue weighted by Crippen LogP contribution is 2.42. The lowest BCUT2D eigenvalue weighted by Crippen LogP contribution is -2.11. The summed E-state index contributed by atoms with van der Waals surface area (Å²) in [7, 11) is 0. The van der Waals surface area contributed by atoms with E-state index in [-0.39, 0.29) is 5.91 Å². The standard InChI is InChI=1S/C15H13N5OS/c21-13(17-15-19-18-14(22-15)11-2-3-11)10-4-6-12(7-5-10)20-9-1-8-16-20/h1,4-9,11H,2-3H2,(H,17,19,21). The fraction of sp³-hybridized carbons (Fsp3) is 0.200. The quantitative estimate of drug-likeness (QED) is 0.804. The highest BCUT2D eigenvalue weighted by Gasteiger charge is 2.27. The van der Waals surface area contributed by atoms with Crippen molar-refractivity contribution in [2.75, 3.05) is 5.32 Å². The minimum Gasteiger partial charge on any atom is -0.296 e. The second-order valence-corrected chi connectivity index (χ2v) is 6.18. The Morgan fingerprint density at radius 3 is 2.73 bits per heavy atom. The molecule has 6 nitrogen and oxygen atoms in total. The molecular formula is C15H13N5OS. The second kappa shape index (κ2) is 5.34. The minimum absolute atomic E-state index is 0.175. The van der Waals surface area contributed by atoms with Gasteiger partial charge in [0, 0.05) is 23.9 Å². The van der Waals surface area contributed by atoms with Crippen LogP contribution in [0.3, 0.4) is 0 Å². The third-order valence-electron chi connectivity index (χ3n) is 3.49. The molecule has 1 fully saturated rings. The van der Waals surface area contributed by atoms with Crippen LogP contribution in [0, 0.1) is 0 Å². The van der Waals surface area contributed by atoms with Crippen LogP contribution in [0.5, 0.6) is 0 Å². The van der Waals surface area contributed by atoms with Gasteiger partial charge in [-0.1, -0.05) is 11.3 Å². The van der Waals surface area contributed by atoms with Crippen LogP contribution in [-0.4, -0.2) is 25.9 Å². The van der Waals surface area contributed by atoms with Crippen LogP contribution >= 0.6 is 11.3 Å². The first-order chi connectivity index (χ1) is 10.8. The molecule has 1 amide bonds. The summed E-state index contributed by atoms with van der Waals surface area (Å²) in [5.41, 5.74) is 1.49. The summed E-state index contributed by atoms with van der Waals surface area (Å²) in [5, 5.41) is 16.7. The number of nitrogens with one attached hydrogen (secondary N) is 1. The number of anilines is 1. The predicted octanol–water partition coefficient (Wildman–Crippen LogP) is 2.85. The lowest BCUT2D eigenvalue weighted by Gasteiger charge is -2.04. The Bertz CT molecular complexity index is 790. The van der Waals surface area contributed by atoms with E-state index >= 15 is 0 Å². The van der Waals surface area contributed by atoms with Crippen LogP contribution in [0.2, 0.25) is 0 Å². The van der Waals surface area contributed by atoms with Gasteiger partial charge in [-0.25, -0.2) is 4.68 Å². The molecule has 0 aliphatic heterocycles. The molecule has 2 aromatic heterocycles. The van der Waals surface area contributed by atoms with Gasteiger partial charge in [0.15, 0.2) is 0 Å². The first-order valence-corrected chi connectivity index (χ1v) is 7.86. The van der Waals surface area contributed by atoms with Crippen molar-refractivity contribution in [3.8, 4) is 5.69 Å². The molecule has 1 saturated carbocycles. The smallest absolute Gasteiger partial charge is 0.257 e. The third kappa shape index (κ3) is 2.62. The predicted molar refractivity (Wildman–Crippen MR) is 83.4 cm³/mol. The van der Waals surface area contributed by atoms with E-state index in [0.717, 1.165) is 10.7 Å². The van der Waals surface area contributed by atoms with Gasteiger partial charge in [0.05, 0.1) is 5.69 Å².